The fraction of sp³-hybridized carbons (Fsp3) is 0.214. The van der Waals surface area contributed by atoms with Gasteiger partial charge in [0.2, 0.25) is 0 Å². The molecule has 0 fully saturated rings. The Kier molecular flexibility index (Phi) is 3.56. The van der Waals surface area contributed by atoms with Crippen molar-refractivity contribution in [2.24, 2.45) is 0 Å². The zero-order valence-corrected chi connectivity index (χ0v) is 12.6. The van der Waals surface area contributed by atoms with E-state index in [0.717, 1.165) is 21.2 Å². The van der Waals surface area contributed by atoms with E-state index in [1.54, 1.807) is 11.8 Å². The van der Waals surface area contributed by atoms with Gasteiger partial charge < -0.3 is 4.74 Å². The molecule has 0 aliphatic carbocycles. The minimum atomic E-state index is -0.234. The van der Waals surface area contributed by atoms with E-state index in [1.807, 2.05) is 31.2 Å². The highest BCUT2D eigenvalue weighted by molar-refractivity contribution is 7.98. The number of benzene rings is 1. The highest BCUT2D eigenvalue weighted by Crippen LogP contribution is 2.46. The van der Waals surface area contributed by atoms with E-state index in [4.69, 9.17) is 16.3 Å². The van der Waals surface area contributed by atoms with E-state index in [1.165, 1.54) is 21.8 Å². The first-order valence-corrected chi connectivity index (χ1v) is 8.09. The van der Waals surface area contributed by atoms with Gasteiger partial charge in [-0.2, -0.15) is 0 Å². The number of hydrogen-bond acceptors (Lipinski definition) is 4. The normalized spacial score (nSPS) is 12.7. The number of carbonyl (C=O) groups is 1. The highest BCUT2D eigenvalue weighted by atomic mass is 35.5. The minimum Gasteiger partial charge on any atom is -0.462 e. The van der Waals surface area contributed by atoms with Crippen molar-refractivity contribution in [2.75, 3.05) is 6.61 Å². The number of halogens is 1. The van der Waals surface area contributed by atoms with E-state index in [-0.39, 0.29) is 5.97 Å². The summed E-state index contributed by atoms with van der Waals surface area (Å²) in [7, 11) is 0. The second-order valence-corrected chi connectivity index (χ2v) is 6.62. The van der Waals surface area contributed by atoms with Crippen LogP contribution in [-0.4, -0.2) is 12.6 Å². The molecule has 0 unspecified atom stereocenters. The summed E-state index contributed by atoms with van der Waals surface area (Å²) in [5, 5.41) is 0.747. The monoisotopic (exact) mass is 310 g/mol. The Morgan fingerprint density at radius 1 is 1.42 bits per heavy atom. The van der Waals surface area contributed by atoms with Gasteiger partial charge in [-0.05, 0) is 30.7 Å². The van der Waals surface area contributed by atoms with Crippen LogP contribution in [0.5, 0.6) is 0 Å². The van der Waals surface area contributed by atoms with Crippen molar-refractivity contribution in [3.8, 4) is 10.4 Å². The van der Waals surface area contributed by atoms with Crippen molar-refractivity contribution in [3.63, 3.8) is 0 Å². The maximum Gasteiger partial charge on any atom is 0.348 e. The van der Waals surface area contributed by atoms with Crippen LogP contribution in [0.4, 0.5) is 0 Å². The predicted octanol–water partition coefficient (Wildman–Crippen LogP) is 4.85. The summed E-state index contributed by atoms with van der Waals surface area (Å²) < 4.78 is 5.06. The molecule has 98 valence electrons. The van der Waals surface area contributed by atoms with Crippen molar-refractivity contribution >= 4 is 40.7 Å². The smallest absolute Gasteiger partial charge is 0.348 e. The lowest BCUT2D eigenvalue weighted by Crippen LogP contribution is -2.01. The van der Waals surface area contributed by atoms with Crippen molar-refractivity contribution < 1.29 is 9.53 Å². The molecule has 0 amide bonds. The van der Waals surface area contributed by atoms with Gasteiger partial charge in [-0.15, -0.1) is 23.1 Å². The zero-order valence-electron chi connectivity index (χ0n) is 10.2. The number of thiophene rings is 1. The first-order chi connectivity index (χ1) is 9.19. The van der Waals surface area contributed by atoms with Gasteiger partial charge in [0.05, 0.1) is 6.61 Å². The molecule has 2 heterocycles. The molecule has 19 heavy (non-hydrogen) atoms. The zero-order chi connectivity index (χ0) is 13.4. The van der Waals surface area contributed by atoms with Crippen LogP contribution < -0.4 is 0 Å². The second-order valence-electron chi connectivity index (χ2n) is 4.11. The number of carbonyl (C=O) groups excluding carboxylic acids is 1. The van der Waals surface area contributed by atoms with Gasteiger partial charge in [0.1, 0.15) is 4.88 Å². The van der Waals surface area contributed by atoms with Gasteiger partial charge in [-0.3, -0.25) is 0 Å². The molecule has 0 atom stereocenters. The third-order valence-electron chi connectivity index (χ3n) is 2.86. The van der Waals surface area contributed by atoms with Gasteiger partial charge >= 0.3 is 5.97 Å². The Labute approximate surface area is 124 Å². The van der Waals surface area contributed by atoms with E-state index in [2.05, 4.69) is 0 Å². The first kappa shape index (κ1) is 13.0. The average Bonchev–Trinajstić information content (AvgIpc) is 2.82. The topological polar surface area (TPSA) is 26.3 Å². The Morgan fingerprint density at radius 2 is 2.26 bits per heavy atom. The van der Waals surface area contributed by atoms with Crippen LogP contribution in [0.1, 0.15) is 22.2 Å². The van der Waals surface area contributed by atoms with Gasteiger partial charge in [-0.1, -0.05) is 17.7 Å². The number of rotatable bonds is 2. The number of fused-ring (bicyclic) bond motifs is 3. The lowest BCUT2D eigenvalue weighted by atomic mass is 10.1. The Bertz CT molecular complexity index is 649. The summed E-state index contributed by atoms with van der Waals surface area (Å²) in [6.07, 6.45) is 0. The molecule has 0 bridgehead atoms. The number of ether oxygens (including phenoxy) is 1. The summed E-state index contributed by atoms with van der Waals surface area (Å²) in [6, 6.07) is 7.84. The van der Waals surface area contributed by atoms with Crippen LogP contribution in [-0.2, 0) is 10.5 Å². The van der Waals surface area contributed by atoms with Crippen LogP contribution in [0.25, 0.3) is 10.4 Å². The van der Waals surface area contributed by atoms with E-state index in [9.17, 15) is 4.79 Å². The lowest BCUT2D eigenvalue weighted by Gasteiger charge is -2.15. The van der Waals surface area contributed by atoms with Crippen molar-refractivity contribution in [1.29, 1.82) is 0 Å². The molecular formula is C14H11ClO2S2. The van der Waals surface area contributed by atoms with Gasteiger partial charge in [0.15, 0.2) is 0 Å². The summed E-state index contributed by atoms with van der Waals surface area (Å²) in [5.74, 6) is 0.640. The average molecular weight is 311 g/mol. The molecule has 0 saturated heterocycles. The van der Waals surface area contributed by atoms with E-state index in [0.29, 0.717) is 11.5 Å². The summed E-state index contributed by atoms with van der Waals surface area (Å²) >= 11 is 9.27. The fourth-order valence-corrected chi connectivity index (χ4v) is 4.61. The molecule has 2 nitrogen and oxygen atoms in total. The van der Waals surface area contributed by atoms with Crippen molar-refractivity contribution in [3.05, 3.63) is 39.7 Å². The quantitative estimate of drug-likeness (QED) is 0.742. The Balaban J connectivity index is 2.04. The SMILES string of the molecule is CCOC(=O)c1cc2c(s1)-c1ccc(Cl)cc1SC2. The van der Waals surface area contributed by atoms with E-state index >= 15 is 0 Å². The Hall–Kier alpha value is -0.970. The van der Waals surface area contributed by atoms with Crippen LogP contribution in [0, 0.1) is 0 Å². The fourth-order valence-electron chi connectivity index (χ4n) is 2.03. The van der Waals surface area contributed by atoms with Crippen molar-refractivity contribution in [1.82, 2.24) is 0 Å². The number of hydrogen-bond donors (Lipinski definition) is 0. The molecule has 1 aromatic carbocycles. The summed E-state index contributed by atoms with van der Waals surface area (Å²) in [6.45, 7) is 2.22. The standard InChI is InChI=1S/C14H11ClO2S2/c1-2-17-14(16)12-5-8-7-18-11-6-9(15)3-4-10(11)13(8)19-12/h3-6H,2,7H2,1H3. The van der Waals surface area contributed by atoms with E-state index < -0.39 is 0 Å². The molecule has 0 N–H and O–H groups in total. The van der Waals surface area contributed by atoms with Crippen LogP contribution in [0.3, 0.4) is 0 Å². The molecule has 1 aliphatic rings. The van der Waals surface area contributed by atoms with Crippen molar-refractivity contribution in [2.45, 2.75) is 17.6 Å². The highest BCUT2D eigenvalue weighted by Gasteiger charge is 2.22. The summed E-state index contributed by atoms with van der Waals surface area (Å²) in [5.41, 5.74) is 2.36. The van der Waals surface area contributed by atoms with Crippen LogP contribution >= 0.6 is 34.7 Å². The maximum absolute atomic E-state index is 11.8. The third-order valence-corrected chi connectivity index (χ3v) is 5.39. The molecule has 0 spiro atoms. The number of thioether (sulfide) groups is 1. The largest absolute Gasteiger partial charge is 0.462 e. The van der Waals surface area contributed by atoms with Crippen LogP contribution in [0.2, 0.25) is 5.02 Å². The molecule has 1 aromatic heterocycles. The molecule has 3 rings (SSSR count). The first-order valence-electron chi connectivity index (χ1n) is 5.91. The minimum absolute atomic E-state index is 0.234. The third kappa shape index (κ3) is 2.40. The van der Waals surface area contributed by atoms with Gasteiger partial charge in [0, 0.05) is 26.1 Å². The lowest BCUT2D eigenvalue weighted by molar-refractivity contribution is 0.0532. The molecule has 1 aliphatic heterocycles. The van der Waals surface area contributed by atoms with Crippen LogP contribution in [0.15, 0.2) is 29.2 Å². The molecule has 0 saturated carbocycles. The van der Waals surface area contributed by atoms with Gasteiger partial charge in [-0.25, -0.2) is 4.79 Å². The predicted molar refractivity (Wildman–Crippen MR) is 80.3 cm³/mol. The Morgan fingerprint density at radius 3 is 3.05 bits per heavy atom. The van der Waals surface area contributed by atoms with Gasteiger partial charge in [0.25, 0.3) is 0 Å². The summed E-state index contributed by atoms with van der Waals surface area (Å²) in [4.78, 5) is 14.8. The molecule has 5 heteroatoms. The number of esters is 1. The molecule has 2 aromatic rings. The molecular weight excluding hydrogens is 300 g/mol. The maximum atomic E-state index is 11.8. The molecule has 0 radical (unpaired) electrons. The second kappa shape index (κ2) is 5.19.